The van der Waals surface area contributed by atoms with Crippen molar-refractivity contribution in [2.45, 2.75) is 19.3 Å². The van der Waals surface area contributed by atoms with E-state index in [1.807, 2.05) is 12.1 Å². The molecule has 0 bridgehead atoms. The highest BCUT2D eigenvalue weighted by molar-refractivity contribution is 7.92. The summed E-state index contributed by atoms with van der Waals surface area (Å²) in [5.74, 6) is -0.489. The molecular formula is C18H21FN2O3S. The number of amides is 1. The molecule has 0 unspecified atom stereocenters. The van der Waals surface area contributed by atoms with Crippen molar-refractivity contribution in [2.75, 3.05) is 17.5 Å². The minimum Gasteiger partial charge on any atom is -0.356 e. The molecule has 0 spiro atoms. The molecule has 1 amide bonds. The van der Waals surface area contributed by atoms with Gasteiger partial charge < -0.3 is 5.32 Å². The van der Waals surface area contributed by atoms with Crippen LogP contribution in [0.2, 0.25) is 0 Å². The maximum atomic E-state index is 13.1. The Kier molecular flexibility index (Phi) is 6.52. The van der Waals surface area contributed by atoms with Crippen molar-refractivity contribution in [3.8, 4) is 0 Å². The molecule has 25 heavy (non-hydrogen) atoms. The third-order valence-electron chi connectivity index (χ3n) is 3.48. The third-order valence-corrected chi connectivity index (χ3v) is 4.08. The molecule has 0 heterocycles. The van der Waals surface area contributed by atoms with Crippen LogP contribution in [-0.2, 0) is 27.7 Å². The van der Waals surface area contributed by atoms with Gasteiger partial charge in [-0.3, -0.25) is 9.52 Å². The van der Waals surface area contributed by atoms with Crippen molar-refractivity contribution in [3.63, 3.8) is 0 Å². The molecule has 0 radical (unpaired) electrons. The minimum absolute atomic E-state index is 0.140. The molecule has 0 saturated heterocycles. The van der Waals surface area contributed by atoms with Gasteiger partial charge in [-0.1, -0.05) is 24.3 Å². The molecule has 2 rings (SSSR count). The smallest absolute Gasteiger partial charge is 0.229 e. The highest BCUT2D eigenvalue weighted by atomic mass is 32.2. The normalized spacial score (nSPS) is 11.1. The van der Waals surface area contributed by atoms with E-state index in [1.54, 1.807) is 24.3 Å². The summed E-state index contributed by atoms with van der Waals surface area (Å²) in [4.78, 5) is 11.8. The number of sulfonamides is 1. The van der Waals surface area contributed by atoms with Crippen LogP contribution in [0.25, 0.3) is 0 Å². The topological polar surface area (TPSA) is 75.3 Å². The summed E-state index contributed by atoms with van der Waals surface area (Å²) < 4.78 is 37.7. The van der Waals surface area contributed by atoms with Crippen molar-refractivity contribution < 1.29 is 17.6 Å². The van der Waals surface area contributed by atoms with Crippen LogP contribution in [0.3, 0.4) is 0 Å². The van der Waals surface area contributed by atoms with Gasteiger partial charge in [-0.25, -0.2) is 12.8 Å². The van der Waals surface area contributed by atoms with Gasteiger partial charge in [-0.15, -0.1) is 0 Å². The molecular weight excluding hydrogens is 343 g/mol. The molecule has 0 saturated carbocycles. The van der Waals surface area contributed by atoms with Gasteiger partial charge in [0.25, 0.3) is 0 Å². The maximum absolute atomic E-state index is 13.1. The van der Waals surface area contributed by atoms with Gasteiger partial charge in [-0.05, 0) is 48.2 Å². The van der Waals surface area contributed by atoms with Crippen LogP contribution in [0.4, 0.5) is 10.1 Å². The quantitative estimate of drug-likeness (QED) is 0.707. The van der Waals surface area contributed by atoms with Gasteiger partial charge in [0.05, 0.1) is 12.7 Å². The number of halogens is 1. The second-order valence-electron chi connectivity index (χ2n) is 5.83. The van der Waals surface area contributed by atoms with Crippen molar-refractivity contribution >= 4 is 21.6 Å². The van der Waals surface area contributed by atoms with Crippen molar-refractivity contribution in [1.82, 2.24) is 5.32 Å². The van der Waals surface area contributed by atoms with E-state index < -0.39 is 10.0 Å². The summed E-state index contributed by atoms with van der Waals surface area (Å²) in [5.41, 5.74) is 2.22. The first-order valence-electron chi connectivity index (χ1n) is 7.90. The van der Waals surface area contributed by atoms with E-state index >= 15 is 0 Å². The van der Waals surface area contributed by atoms with Gasteiger partial charge >= 0.3 is 0 Å². The van der Waals surface area contributed by atoms with Gasteiger partial charge in [0.1, 0.15) is 5.82 Å². The standard InChI is InChI=1S/C18H21FN2O3S/c1-25(23,24)21-17-9-7-14(8-10-17)5-3-11-20-18(22)13-15-4-2-6-16(19)12-15/h2,4,6-10,12,21H,3,5,11,13H2,1H3,(H,20,22). The Morgan fingerprint density at radius 1 is 1.08 bits per heavy atom. The Morgan fingerprint density at radius 3 is 2.44 bits per heavy atom. The fraction of sp³-hybridized carbons (Fsp3) is 0.278. The summed E-state index contributed by atoms with van der Waals surface area (Å²) in [6.45, 7) is 0.525. The van der Waals surface area contributed by atoms with E-state index in [0.717, 1.165) is 24.7 Å². The average molecular weight is 364 g/mol. The summed E-state index contributed by atoms with van der Waals surface area (Å²) in [6.07, 6.45) is 2.78. The molecule has 0 aliphatic carbocycles. The molecule has 2 aromatic rings. The Labute approximate surface area is 147 Å². The monoisotopic (exact) mass is 364 g/mol. The summed E-state index contributed by atoms with van der Waals surface area (Å²) >= 11 is 0. The van der Waals surface area contributed by atoms with Crippen LogP contribution in [0.5, 0.6) is 0 Å². The first-order valence-corrected chi connectivity index (χ1v) is 9.79. The molecule has 0 aliphatic heterocycles. The number of carbonyl (C=O) groups is 1. The predicted octanol–water partition coefficient (Wildman–Crippen LogP) is 2.49. The second kappa shape index (κ2) is 8.62. The lowest BCUT2D eigenvalue weighted by molar-refractivity contribution is -0.120. The molecule has 2 aromatic carbocycles. The van der Waals surface area contributed by atoms with E-state index in [9.17, 15) is 17.6 Å². The molecule has 0 atom stereocenters. The largest absolute Gasteiger partial charge is 0.356 e. The van der Waals surface area contributed by atoms with E-state index in [-0.39, 0.29) is 18.1 Å². The maximum Gasteiger partial charge on any atom is 0.229 e. The summed E-state index contributed by atoms with van der Waals surface area (Å²) in [5, 5.41) is 2.81. The van der Waals surface area contributed by atoms with Gasteiger partial charge in [0, 0.05) is 12.2 Å². The molecule has 0 aliphatic rings. The number of hydrogen-bond donors (Lipinski definition) is 2. The van der Waals surface area contributed by atoms with Gasteiger partial charge in [-0.2, -0.15) is 0 Å². The SMILES string of the molecule is CS(=O)(=O)Nc1ccc(CCCNC(=O)Cc2cccc(F)c2)cc1. The zero-order valence-corrected chi connectivity index (χ0v) is 14.8. The highest BCUT2D eigenvalue weighted by Crippen LogP contribution is 2.12. The van der Waals surface area contributed by atoms with E-state index in [1.165, 1.54) is 12.1 Å². The number of rotatable bonds is 8. The Hall–Kier alpha value is -2.41. The third kappa shape index (κ3) is 7.34. The first kappa shape index (κ1) is 18.9. The fourth-order valence-electron chi connectivity index (χ4n) is 2.37. The number of hydrogen-bond acceptors (Lipinski definition) is 3. The van der Waals surface area contributed by atoms with E-state index in [4.69, 9.17) is 0 Å². The van der Waals surface area contributed by atoms with Gasteiger partial charge in [0.2, 0.25) is 15.9 Å². The summed E-state index contributed by atoms with van der Waals surface area (Å²) in [6, 6.07) is 13.1. The summed E-state index contributed by atoms with van der Waals surface area (Å²) in [7, 11) is -3.27. The van der Waals surface area contributed by atoms with E-state index in [0.29, 0.717) is 17.8 Å². The first-order chi connectivity index (χ1) is 11.8. The Morgan fingerprint density at radius 2 is 1.80 bits per heavy atom. The van der Waals surface area contributed by atoms with Crippen LogP contribution in [0.15, 0.2) is 48.5 Å². The highest BCUT2D eigenvalue weighted by Gasteiger charge is 2.04. The van der Waals surface area contributed by atoms with Crippen molar-refractivity contribution in [1.29, 1.82) is 0 Å². The van der Waals surface area contributed by atoms with Crippen LogP contribution < -0.4 is 10.0 Å². The zero-order valence-electron chi connectivity index (χ0n) is 14.0. The molecule has 2 N–H and O–H groups in total. The average Bonchev–Trinajstić information content (AvgIpc) is 2.52. The lowest BCUT2D eigenvalue weighted by atomic mass is 10.1. The molecule has 0 aromatic heterocycles. The molecule has 0 fully saturated rings. The Bertz CT molecular complexity index is 820. The van der Waals surface area contributed by atoms with Crippen molar-refractivity contribution in [3.05, 3.63) is 65.5 Å². The number of anilines is 1. The molecule has 5 nitrogen and oxygen atoms in total. The number of aryl methyl sites for hydroxylation is 1. The van der Waals surface area contributed by atoms with Gasteiger partial charge in [0.15, 0.2) is 0 Å². The van der Waals surface area contributed by atoms with Crippen molar-refractivity contribution in [2.24, 2.45) is 0 Å². The zero-order chi connectivity index (χ0) is 18.3. The van der Waals surface area contributed by atoms with Crippen LogP contribution in [-0.4, -0.2) is 27.1 Å². The van der Waals surface area contributed by atoms with Crippen LogP contribution >= 0.6 is 0 Å². The molecule has 134 valence electrons. The lowest BCUT2D eigenvalue weighted by Crippen LogP contribution is -2.26. The van der Waals surface area contributed by atoms with E-state index in [2.05, 4.69) is 10.0 Å². The number of benzene rings is 2. The number of nitrogens with one attached hydrogen (secondary N) is 2. The minimum atomic E-state index is -3.27. The predicted molar refractivity (Wildman–Crippen MR) is 96.3 cm³/mol. The second-order valence-corrected chi connectivity index (χ2v) is 7.58. The number of carbonyl (C=O) groups excluding carboxylic acids is 1. The Balaban J connectivity index is 1.71. The fourth-order valence-corrected chi connectivity index (χ4v) is 2.93. The lowest BCUT2D eigenvalue weighted by Gasteiger charge is -2.07. The molecule has 7 heteroatoms. The van der Waals surface area contributed by atoms with Crippen LogP contribution in [0, 0.1) is 5.82 Å². The van der Waals surface area contributed by atoms with Crippen LogP contribution in [0.1, 0.15) is 17.5 Å².